The topological polar surface area (TPSA) is 78.9 Å². The number of unbranched alkanes of at least 4 members (excludes halogenated alkanes) is 34. The van der Waals surface area contributed by atoms with Crippen LogP contribution in [0.1, 0.15) is 297 Å². The SMILES string of the molecule is CCCCCCC/C=C\C/C=C\C/C=C\CCCCCCCCCCCCC(=O)OCC(COC(=O)CCCCCCCC)OC(=O)CCCCCCCCCCCCCCCCC. The van der Waals surface area contributed by atoms with Crippen molar-refractivity contribution >= 4 is 17.9 Å². The zero-order valence-corrected chi connectivity index (χ0v) is 42.8. The fourth-order valence-corrected chi connectivity index (χ4v) is 8.16. The summed E-state index contributed by atoms with van der Waals surface area (Å²) in [6, 6.07) is 0. The largest absolute Gasteiger partial charge is 0.462 e. The summed E-state index contributed by atoms with van der Waals surface area (Å²) < 4.78 is 16.7. The average molecular weight is 899 g/mol. The summed E-state index contributed by atoms with van der Waals surface area (Å²) in [5, 5.41) is 0. The van der Waals surface area contributed by atoms with Gasteiger partial charge in [0.1, 0.15) is 13.2 Å². The molecule has 6 nitrogen and oxygen atoms in total. The summed E-state index contributed by atoms with van der Waals surface area (Å²) in [5.74, 6) is -0.870. The zero-order valence-electron chi connectivity index (χ0n) is 42.8. The molecule has 0 aliphatic rings. The Labute approximate surface area is 397 Å². The van der Waals surface area contributed by atoms with Gasteiger partial charge in [-0.15, -0.1) is 0 Å². The van der Waals surface area contributed by atoms with Crippen LogP contribution in [0.3, 0.4) is 0 Å². The molecule has 0 amide bonds. The van der Waals surface area contributed by atoms with Crippen molar-refractivity contribution in [2.24, 2.45) is 0 Å². The molecular formula is C58H106O6. The molecule has 374 valence electrons. The van der Waals surface area contributed by atoms with E-state index in [1.807, 2.05) is 0 Å². The minimum absolute atomic E-state index is 0.0702. The van der Waals surface area contributed by atoms with E-state index in [0.717, 1.165) is 70.6 Å². The van der Waals surface area contributed by atoms with Crippen molar-refractivity contribution < 1.29 is 28.6 Å². The molecule has 0 spiro atoms. The summed E-state index contributed by atoms with van der Waals surface area (Å²) in [6.45, 7) is 6.60. The molecule has 0 rings (SSSR count). The lowest BCUT2D eigenvalue weighted by atomic mass is 10.0. The highest BCUT2D eigenvalue weighted by Crippen LogP contribution is 2.16. The third-order valence-corrected chi connectivity index (χ3v) is 12.4. The van der Waals surface area contributed by atoms with E-state index in [9.17, 15) is 14.4 Å². The number of hydrogen-bond donors (Lipinski definition) is 0. The quantitative estimate of drug-likeness (QED) is 0.0262. The Balaban J connectivity index is 4.10. The van der Waals surface area contributed by atoms with Crippen LogP contribution in [-0.4, -0.2) is 37.2 Å². The van der Waals surface area contributed by atoms with Gasteiger partial charge in [0.15, 0.2) is 6.10 Å². The molecule has 64 heavy (non-hydrogen) atoms. The van der Waals surface area contributed by atoms with Crippen molar-refractivity contribution in [1.82, 2.24) is 0 Å². The first-order chi connectivity index (χ1) is 31.5. The first kappa shape index (κ1) is 61.6. The molecule has 0 bridgehead atoms. The standard InChI is InChI=1S/C58H106O6/c1-4-7-10-13-16-18-20-22-24-25-26-27-28-29-30-31-32-33-35-36-38-40-42-45-48-51-57(60)63-54-55(53-62-56(59)50-47-44-15-12-9-6-3)64-58(61)52-49-46-43-41-39-37-34-23-21-19-17-14-11-8-5-2/h20,22,25-26,28-29,55H,4-19,21,23-24,27,30-54H2,1-3H3/b22-20-,26-25-,29-28-. The number of allylic oxidation sites excluding steroid dienone is 6. The molecule has 0 aromatic heterocycles. The molecule has 0 aliphatic carbocycles. The second-order valence-corrected chi connectivity index (χ2v) is 18.9. The van der Waals surface area contributed by atoms with Crippen molar-refractivity contribution in [2.75, 3.05) is 13.2 Å². The molecule has 0 saturated carbocycles. The number of esters is 3. The first-order valence-corrected chi connectivity index (χ1v) is 28.0. The molecule has 0 aromatic rings. The van der Waals surface area contributed by atoms with Gasteiger partial charge >= 0.3 is 17.9 Å². The molecule has 0 heterocycles. The van der Waals surface area contributed by atoms with Crippen LogP contribution in [0, 0.1) is 0 Å². The Kier molecular flexibility index (Phi) is 51.3. The molecule has 1 atom stereocenters. The third kappa shape index (κ3) is 50.6. The van der Waals surface area contributed by atoms with E-state index in [4.69, 9.17) is 14.2 Å². The van der Waals surface area contributed by atoms with Crippen LogP contribution < -0.4 is 0 Å². The molecule has 6 heteroatoms. The van der Waals surface area contributed by atoms with Crippen LogP contribution in [0.2, 0.25) is 0 Å². The van der Waals surface area contributed by atoms with Crippen LogP contribution in [0.5, 0.6) is 0 Å². The minimum atomic E-state index is -0.766. The van der Waals surface area contributed by atoms with Crippen LogP contribution in [0.4, 0.5) is 0 Å². The van der Waals surface area contributed by atoms with Gasteiger partial charge in [-0.05, 0) is 57.8 Å². The molecule has 1 unspecified atom stereocenters. The van der Waals surface area contributed by atoms with Gasteiger partial charge in [-0.2, -0.15) is 0 Å². The van der Waals surface area contributed by atoms with Gasteiger partial charge in [-0.1, -0.05) is 256 Å². The number of rotatable bonds is 51. The number of carbonyl (C=O) groups excluding carboxylic acids is 3. The van der Waals surface area contributed by atoms with Crippen molar-refractivity contribution in [3.8, 4) is 0 Å². The Morgan fingerprint density at radius 3 is 0.875 bits per heavy atom. The van der Waals surface area contributed by atoms with Gasteiger partial charge in [0.2, 0.25) is 0 Å². The van der Waals surface area contributed by atoms with Gasteiger partial charge in [0.05, 0.1) is 0 Å². The van der Waals surface area contributed by atoms with E-state index < -0.39 is 6.10 Å². The van der Waals surface area contributed by atoms with Crippen LogP contribution in [-0.2, 0) is 28.6 Å². The lowest BCUT2D eigenvalue weighted by Gasteiger charge is -2.18. The van der Waals surface area contributed by atoms with Gasteiger partial charge in [-0.25, -0.2) is 0 Å². The second kappa shape index (κ2) is 53.2. The normalized spacial score (nSPS) is 12.2. The predicted octanol–water partition coefficient (Wildman–Crippen LogP) is 18.5. The van der Waals surface area contributed by atoms with E-state index in [1.54, 1.807) is 0 Å². The van der Waals surface area contributed by atoms with Gasteiger partial charge in [0, 0.05) is 19.3 Å². The van der Waals surface area contributed by atoms with E-state index in [1.165, 1.54) is 186 Å². The highest BCUT2D eigenvalue weighted by atomic mass is 16.6. The van der Waals surface area contributed by atoms with Crippen LogP contribution in [0.15, 0.2) is 36.5 Å². The summed E-state index contributed by atoms with van der Waals surface area (Å²) in [6.07, 6.45) is 63.1. The highest BCUT2D eigenvalue weighted by Gasteiger charge is 2.19. The fourth-order valence-electron chi connectivity index (χ4n) is 8.16. The lowest BCUT2D eigenvalue weighted by molar-refractivity contribution is -0.167. The number of hydrogen-bond acceptors (Lipinski definition) is 6. The van der Waals surface area contributed by atoms with Gasteiger partial charge < -0.3 is 14.2 Å². The second-order valence-electron chi connectivity index (χ2n) is 18.9. The Morgan fingerprint density at radius 1 is 0.312 bits per heavy atom. The molecule has 0 saturated heterocycles. The van der Waals surface area contributed by atoms with E-state index >= 15 is 0 Å². The highest BCUT2D eigenvalue weighted by molar-refractivity contribution is 5.71. The van der Waals surface area contributed by atoms with Crippen molar-refractivity contribution in [2.45, 2.75) is 303 Å². The minimum Gasteiger partial charge on any atom is -0.462 e. The van der Waals surface area contributed by atoms with Gasteiger partial charge in [0.25, 0.3) is 0 Å². The average Bonchev–Trinajstić information content (AvgIpc) is 3.29. The molecule has 0 aromatic carbocycles. The maximum atomic E-state index is 12.8. The van der Waals surface area contributed by atoms with Gasteiger partial charge in [-0.3, -0.25) is 14.4 Å². The molecule has 0 N–H and O–H groups in total. The number of ether oxygens (including phenoxy) is 3. The predicted molar refractivity (Wildman–Crippen MR) is 275 cm³/mol. The smallest absolute Gasteiger partial charge is 0.306 e. The van der Waals surface area contributed by atoms with Crippen LogP contribution in [0.25, 0.3) is 0 Å². The van der Waals surface area contributed by atoms with E-state index in [0.29, 0.717) is 19.3 Å². The lowest BCUT2D eigenvalue weighted by Crippen LogP contribution is -2.30. The molecule has 0 aliphatic heterocycles. The zero-order chi connectivity index (χ0) is 46.5. The summed E-state index contributed by atoms with van der Waals surface area (Å²) >= 11 is 0. The van der Waals surface area contributed by atoms with E-state index in [2.05, 4.69) is 57.2 Å². The first-order valence-electron chi connectivity index (χ1n) is 28.0. The maximum Gasteiger partial charge on any atom is 0.306 e. The Hall–Kier alpha value is -2.37. The molecule has 0 radical (unpaired) electrons. The van der Waals surface area contributed by atoms with E-state index in [-0.39, 0.29) is 31.1 Å². The van der Waals surface area contributed by atoms with Crippen molar-refractivity contribution in [3.63, 3.8) is 0 Å². The Bertz CT molecular complexity index is 1080. The monoisotopic (exact) mass is 899 g/mol. The third-order valence-electron chi connectivity index (χ3n) is 12.4. The summed E-state index contributed by atoms with van der Waals surface area (Å²) in [5.41, 5.74) is 0. The summed E-state index contributed by atoms with van der Waals surface area (Å²) in [7, 11) is 0. The molecule has 0 fully saturated rings. The number of carbonyl (C=O) groups is 3. The van der Waals surface area contributed by atoms with Crippen LogP contribution >= 0.6 is 0 Å². The molecular weight excluding hydrogens is 793 g/mol. The Morgan fingerprint density at radius 2 is 0.562 bits per heavy atom. The summed E-state index contributed by atoms with van der Waals surface area (Å²) in [4.78, 5) is 37.8. The fraction of sp³-hybridized carbons (Fsp3) is 0.845. The maximum absolute atomic E-state index is 12.8. The van der Waals surface area contributed by atoms with Crippen molar-refractivity contribution in [1.29, 1.82) is 0 Å². The van der Waals surface area contributed by atoms with Crippen molar-refractivity contribution in [3.05, 3.63) is 36.5 Å².